The third-order valence-electron chi connectivity index (χ3n) is 3.24. The lowest BCUT2D eigenvalue weighted by Crippen LogP contribution is -2.38. The van der Waals surface area contributed by atoms with E-state index in [-0.39, 0.29) is 5.97 Å². The van der Waals surface area contributed by atoms with E-state index < -0.39 is 0 Å². The number of aliphatic imine (C=N–C) groups is 1. The van der Waals surface area contributed by atoms with Gasteiger partial charge in [0.15, 0.2) is 5.96 Å². The Bertz CT molecular complexity index is 460. The number of rotatable bonds is 8. The van der Waals surface area contributed by atoms with Gasteiger partial charge in [0, 0.05) is 33.1 Å². The van der Waals surface area contributed by atoms with Gasteiger partial charge in [0.1, 0.15) is 0 Å². The number of nitrogens with zero attached hydrogens (tertiary/aromatic N) is 2. The summed E-state index contributed by atoms with van der Waals surface area (Å²) in [4.78, 5) is 17.8. The number of unbranched alkanes of at least 4 members (excludes halogenated alkanes) is 1. The second-order valence-corrected chi connectivity index (χ2v) is 5.11. The Labute approximate surface area is 133 Å². The maximum atomic E-state index is 11.0. The second kappa shape index (κ2) is 10.7. The SMILES string of the molecule is CCNC(=NCCCCC(=O)OC)N(C)Cc1ccccc1. The van der Waals surface area contributed by atoms with E-state index in [0.717, 1.165) is 31.9 Å². The summed E-state index contributed by atoms with van der Waals surface area (Å²) in [5, 5.41) is 3.30. The quantitative estimate of drug-likeness (QED) is 0.347. The Morgan fingerprint density at radius 1 is 1.27 bits per heavy atom. The number of ether oxygens (including phenoxy) is 1. The number of benzene rings is 1. The minimum Gasteiger partial charge on any atom is -0.469 e. The molecule has 0 bridgehead atoms. The number of hydrogen-bond donors (Lipinski definition) is 1. The van der Waals surface area contributed by atoms with Gasteiger partial charge < -0.3 is 15.0 Å². The van der Waals surface area contributed by atoms with E-state index in [1.807, 2.05) is 25.2 Å². The molecule has 0 aromatic heterocycles. The van der Waals surface area contributed by atoms with Crippen LogP contribution in [0.2, 0.25) is 0 Å². The molecular formula is C17H27N3O2. The second-order valence-electron chi connectivity index (χ2n) is 5.11. The monoisotopic (exact) mass is 305 g/mol. The highest BCUT2D eigenvalue weighted by Crippen LogP contribution is 2.03. The van der Waals surface area contributed by atoms with Crippen LogP contribution in [-0.2, 0) is 16.1 Å². The summed E-state index contributed by atoms with van der Waals surface area (Å²) >= 11 is 0. The minimum atomic E-state index is -0.155. The van der Waals surface area contributed by atoms with Crippen molar-refractivity contribution in [3.05, 3.63) is 35.9 Å². The van der Waals surface area contributed by atoms with Crippen LogP contribution in [0.25, 0.3) is 0 Å². The molecule has 22 heavy (non-hydrogen) atoms. The first-order valence-corrected chi connectivity index (χ1v) is 7.77. The molecule has 0 spiro atoms. The molecule has 1 aromatic rings. The number of methoxy groups -OCH3 is 1. The topological polar surface area (TPSA) is 53.9 Å². The van der Waals surface area contributed by atoms with Crippen LogP contribution in [0.1, 0.15) is 31.7 Å². The average Bonchev–Trinajstić information content (AvgIpc) is 2.54. The van der Waals surface area contributed by atoms with Gasteiger partial charge in [0.2, 0.25) is 0 Å². The van der Waals surface area contributed by atoms with E-state index in [1.54, 1.807) is 0 Å². The summed E-state index contributed by atoms with van der Waals surface area (Å²) in [6, 6.07) is 10.3. The molecule has 122 valence electrons. The molecule has 0 amide bonds. The predicted molar refractivity (Wildman–Crippen MR) is 89.8 cm³/mol. The molecule has 1 N–H and O–H groups in total. The summed E-state index contributed by atoms with van der Waals surface area (Å²) < 4.78 is 4.63. The third-order valence-corrected chi connectivity index (χ3v) is 3.24. The molecular weight excluding hydrogens is 278 g/mol. The highest BCUT2D eigenvalue weighted by molar-refractivity contribution is 5.79. The van der Waals surface area contributed by atoms with Gasteiger partial charge in [-0.1, -0.05) is 30.3 Å². The Kier molecular flexibility index (Phi) is 8.72. The van der Waals surface area contributed by atoms with Crippen molar-refractivity contribution in [2.75, 3.05) is 27.2 Å². The van der Waals surface area contributed by atoms with Crippen molar-refractivity contribution in [1.82, 2.24) is 10.2 Å². The highest BCUT2D eigenvalue weighted by atomic mass is 16.5. The molecule has 0 unspecified atom stereocenters. The number of esters is 1. The number of nitrogens with one attached hydrogen (secondary N) is 1. The largest absolute Gasteiger partial charge is 0.469 e. The predicted octanol–water partition coefficient (Wildman–Crippen LogP) is 2.43. The maximum absolute atomic E-state index is 11.0. The van der Waals surface area contributed by atoms with E-state index in [9.17, 15) is 4.79 Å². The minimum absolute atomic E-state index is 0.155. The van der Waals surface area contributed by atoms with Crippen LogP contribution in [0, 0.1) is 0 Å². The summed E-state index contributed by atoms with van der Waals surface area (Å²) in [7, 11) is 3.45. The number of hydrogen-bond acceptors (Lipinski definition) is 3. The van der Waals surface area contributed by atoms with Gasteiger partial charge in [-0.3, -0.25) is 9.79 Å². The summed E-state index contributed by atoms with van der Waals surface area (Å²) in [6.45, 7) is 4.41. The fourth-order valence-electron chi connectivity index (χ4n) is 2.07. The van der Waals surface area contributed by atoms with Crippen molar-refractivity contribution >= 4 is 11.9 Å². The van der Waals surface area contributed by atoms with Crippen LogP contribution >= 0.6 is 0 Å². The van der Waals surface area contributed by atoms with Crippen molar-refractivity contribution in [3.8, 4) is 0 Å². The van der Waals surface area contributed by atoms with Gasteiger partial charge in [-0.15, -0.1) is 0 Å². The number of guanidine groups is 1. The Morgan fingerprint density at radius 2 is 2.00 bits per heavy atom. The zero-order valence-corrected chi connectivity index (χ0v) is 13.8. The van der Waals surface area contributed by atoms with Crippen LogP contribution in [0.15, 0.2) is 35.3 Å². The Morgan fingerprint density at radius 3 is 2.64 bits per heavy atom. The van der Waals surface area contributed by atoms with Gasteiger partial charge >= 0.3 is 5.97 Å². The standard InChI is InChI=1S/C17H27N3O2/c1-4-18-17(19-13-9-8-12-16(21)22-3)20(2)14-15-10-6-5-7-11-15/h5-7,10-11H,4,8-9,12-14H2,1-3H3,(H,18,19). The molecule has 0 saturated heterocycles. The maximum Gasteiger partial charge on any atom is 0.305 e. The molecule has 5 nitrogen and oxygen atoms in total. The summed E-state index contributed by atoms with van der Waals surface area (Å²) in [6.07, 6.45) is 2.14. The molecule has 1 aromatic carbocycles. The van der Waals surface area contributed by atoms with E-state index >= 15 is 0 Å². The molecule has 5 heteroatoms. The molecule has 0 saturated carbocycles. The third kappa shape index (κ3) is 7.11. The van der Waals surface area contributed by atoms with Crippen LogP contribution in [0.3, 0.4) is 0 Å². The van der Waals surface area contributed by atoms with Crippen molar-refractivity contribution in [2.24, 2.45) is 4.99 Å². The fraction of sp³-hybridized carbons (Fsp3) is 0.529. The van der Waals surface area contributed by atoms with Crippen LogP contribution in [-0.4, -0.2) is 44.1 Å². The lowest BCUT2D eigenvalue weighted by molar-refractivity contribution is -0.140. The van der Waals surface area contributed by atoms with Crippen molar-refractivity contribution in [2.45, 2.75) is 32.7 Å². The van der Waals surface area contributed by atoms with E-state index in [1.165, 1.54) is 12.7 Å². The van der Waals surface area contributed by atoms with E-state index in [0.29, 0.717) is 13.0 Å². The summed E-state index contributed by atoms with van der Waals surface area (Å²) in [5.74, 6) is 0.738. The first kappa shape index (κ1) is 18.0. The molecule has 0 radical (unpaired) electrons. The number of carbonyl (C=O) groups is 1. The first-order chi connectivity index (χ1) is 10.7. The molecule has 1 rings (SSSR count). The van der Waals surface area contributed by atoms with Crippen LogP contribution < -0.4 is 5.32 Å². The molecule has 0 aliphatic heterocycles. The molecule has 0 heterocycles. The molecule has 0 aliphatic carbocycles. The average molecular weight is 305 g/mol. The van der Waals surface area contributed by atoms with Gasteiger partial charge in [-0.05, 0) is 25.3 Å². The van der Waals surface area contributed by atoms with Crippen LogP contribution in [0.4, 0.5) is 0 Å². The molecule has 0 fully saturated rings. The Hall–Kier alpha value is -2.04. The lowest BCUT2D eigenvalue weighted by Gasteiger charge is -2.22. The molecule has 0 atom stereocenters. The van der Waals surface area contributed by atoms with Crippen LogP contribution in [0.5, 0.6) is 0 Å². The van der Waals surface area contributed by atoms with Gasteiger partial charge in [-0.25, -0.2) is 0 Å². The van der Waals surface area contributed by atoms with E-state index in [4.69, 9.17) is 0 Å². The Balaban J connectivity index is 2.45. The van der Waals surface area contributed by atoms with Gasteiger partial charge in [0.05, 0.1) is 7.11 Å². The zero-order chi connectivity index (χ0) is 16.2. The number of carbonyl (C=O) groups excluding carboxylic acids is 1. The molecule has 0 aliphatic rings. The normalized spacial score (nSPS) is 11.1. The van der Waals surface area contributed by atoms with E-state index in [2.05, 4.69) is 39.0 Å². The lowest BCUT2D eigenvalue weighted by atomic mass is 10.2. The zero-order valence-electron chi connectivity index (χ0n) is 13.8. The summed E-state index contributed by atoms with van der Waals surface area (Å²) in [5.41, 5.74) is 1.25. The van der Waals surface area contributed by atoms with Crippen molar-refractivity contribution in [1.29, 1.82) is 0 Å². The fourth-order valence-corrected chi connectivity index (χ4v) is 2.07. The highest BCUT2D eigenvalue weighted by Gasteiger charge is 2.06. The van der Waals surface area contributed by atoms with Crippen molar-refractivity contribution < 1.29 is 9.53 Å². The first-order valence-electron chi connectivity index (χ1n) is 7.77. The van der Waals surface area contributed by atoms with Gasteiger partial charge in [-0.2, -0.15) is 0 Å². The smallest absolute Gasteiger partial charge is 0.305 e. The van der Waals surface area contributed by atoms with Gasteiger partial charge in [0.25, 0.3) is 0 Å². The van der Waals surface area contributed by atoms with Crippen molar-refractivity contribution in [3.63, 3.8) is 0 Å².